The van der Waals surface area contributed by atoms with E-state index in [-0.39, 0.29) is 0 Å². The van der Waals surface area contributed by atoms with E-state index in [1.807, 2.05) is 26.2 Å². The number of thiocarbonyl (C=S) groups is 1. The summed E-state index contributed by atoms with van der Waals surface area (Å²) in [5.74, 6) is 0. The highest BCUT2D eigenvalue weighted by Gasteiger charge is 1.99. The molecule has 5 nitrogen and oxygen atoms in total. The van der Waals surface area contributed by atoms with E-state index in [0.29, 0.717) is 17.3 Å². The SMILES string of the molecule is CN(C)CCOCCNc1ccnc(C(N)=S)c1. The van der Waals surface area contributed by atoms with Crippen LogP contribution in [0.5, 0.6) is 0 Å². The zero-order valence-corrected chi connectivity index (χ0v) is 11.7. The summed E-state index contributed by atoms with van der Waals surface area (Å²) in [5.41, 5.74) is 7.09. The summed E-state index contributed by atoms with van der Waals surface area (Å²) in [6.07, 6.45) is 1.68. The molecule has 0 saturated heterocycles. The van der Waals surface area contributed by atoms with E-state index < -0.39 is 0 Å². The molecule has 3 N–H and O–H groups in total. The van der Waals surface area contributed by atoms with Crippen LogP contribution in [0, 0.1) is 0 Å². The number of hydrogen-bond donors (Lipinski definition) is 2. The van der Waals surface area contributed by atoms with Crippen molar-refractivity contribution in [2.45, 2.75) is 0 Å². The highest BCUT2D eigenvalue weighted by Crippen LogP contribution is 2.07. The maximum absolute atomic E-state index is 5.52. The minimum atomic E-state index is 0.306. The van der Waals surface area contributed by atoms with Crippen LogP contribution in [0.3, 0.4) is 0 Å². The topological polar surface area (TPSA) is 63.4 Å². The van der Waals surface area contributed by atoms with Gasteiger partial charge in [-0.05, 0) is 26.2 Å². The average Bonchev–Trinajstić information content (AvgIpc) is 2.33. The molecule has 0 aliphatic rings. The number of ether oxygens (including phenoxy) is 1. The zero-order chi connectivity index (χ0) is 13.4. The van der Waals surface area contributed by atoms with Crippen molar-refractivity contribution in [2.75, 3.05) is 45.7 Å². The van der Waals surface area contributed by atoms with Crippen molar-refractivity contribution in [3.63, 3.8) is 0 Å². The first-order valence-corrected chi connectivity index (χ1v) is 6.22. The number of anilines is 1. The van der Waals surface area contributed by atoms with E-state index in [9.17, 15) is 0 Å². The second kappa shape index (κ2) is 7.97. The number of nitrogens with zero attached hydrogens (tertiary/aromatic N) is 2. The van der Waals surface area contributed by atoms with Crippen molar-refractivity contribution in [1.29, 1.82) is 0 Å². The van der Waals surface area contributed by atoms with Gasteiger partial charge in [-0.3, -0.25) is 4.98 Å². The van der Waals surface area contributed by atoms with Crippen LogP contribution in [-0.4, -0.2) is 55.3 Å². The first-order chi connectivity index (χ1) is 8.59. The molecule has 1 aromatic rings. The Balaban J connectivity index is 2.23. The Morgan fingerprint density at radius 3 is 2.94 bits per heavy atom. The molecule has 6 heteroatoms. The van der Waals surface area contributed by atoms with Gasteiger partial charge in [0.15, 0.2) is 0 Å². The van der Waals surface area contributed by atoms with Gasteiger partial charge in [0.1, 0.15) is 4.99 Å². The molecule has 0 aromatic carbocycles. The standard InChI is InChI=1S/C12H20N4OS/c1-16(2)6-8-17-7-5-14-10-3-4-15-11(9-10)12(13)18/h3-4,9H,5-8H2,1-2H3,(H2,13,18)(H,14,15). The zero-order valence-electron chi connectivity index (χ0n) is 10.8. The van der Waals surface area contributed by atoms with E-state index in [0.717, 1.165) is 25.4 Å². The molecule has 0 fully saturated rings. The molecule has 1 heterocycles. The second-order valence-electron chi connectivity index (χ2n) is 4.14. The van der Waals surface area contributed by atoms with Gasteiger partial charge in [0.05, 0.1) is 18.9 Å². The highest BCUT2D eigenvalue weighted by molar-refractivity contribution is 7.80. The Morgan fingerprint density at radius 2 is 2.28 bits per heavy atom. The molecule has 100 valence electrons. The van der Waals surface area contributed by atoms with Gasteiger partial charge >= 0.3 is 0 Å². The number of aromatic nitrogens is 1. The van der Waals surface area contributed by atoms with E-state index in [1.165, 1.54) is 0 Å². The van der Waals surface area contributed by atoms with Gasteiger partial charge in [-0.1, -0.05) is 12.2 Å². The summed E-state index contributed by atoms with van der Waals surface area (Å²) in [6, 6.07) is 3.71. The van der Waals surface area contributed by atoms with Gasteiger partial charge in [-0.25, -0.2) is 0 Å². The number of hydrogen-bond acceptors (Lipinski definition) is 5. The predicted octanol–water partition coefficient (Wildman–Crippen LogP) is 0.706. The lowest BCUT2D eigenvalue weighted by Gasteiger charge is -2.11. The molecule has 0 aliphatic heterocycles. The molecule has 18 heavy (non-hydrogen) atoms. The molecule has 0 saturated carbocycles. The minimum absolute atomic E-state index is 0.306. The molecule has 0 radical (unpaired) electrons. The maximum Gasteiger partial charge on any atom is 0.122 e. The van der Waals surface area contributed by atoms with Crippen LogP contribution in [0.25, 0.3) is 0 Å². The second-order valence-corrected chi connectivity index (χ2v) is 4.58. The van der Waals surface area contributed by atoms with Crippen LogP contribution >= 0.6 is 12.2 Å². The Morgan fingerprint density at radius 1 is 1.50 bits per heavy atom. The molecular weight excluding hydrogens is 248 g/mol. The van der Waals surface area contributed by atoms with Crippen LogP contribution in [0.1, 0.15) is 5.69 Å². The molecule has 0 spiro atoms. The van der Waals surface area contributed by atoms with Crippen LogP contribution < -0.4 is 11.1 Å². The van der Waals surface area contributed by atoms with Crippen LogP contribution in [0.15, 0.2) is 18.3 Å². The first kappa shape index (κ1) is 14.8. The summed E-state index contributed by atoms with van der Waals surface area (Å²) in [4.78, 5) is 6.47. The van der Waals surface area contributed by atoms with E-state index in [4.69, 9.17) is 22.7 Å². The molecule has 0 unspecified atom stereocenters. The van der Waals surface area contributed by atoms with Gasteiger partial charge in [-0.15, -0.1) is 0 Å². The van der Waals surface area contributed by atoms with Gasteiger partial charge in [-0.2, -0.15) is 0 Å². The van der Waals surface area contributed by atoms with Crippen molar-refractivity contribution < 1.29 is 4.74 Å². The normalized spacial score (nSPS) is 10.6. The molecule has 1 rings (SSSR count). The first-order valence-electron chi connectivity index (χ1n) is 5.82. The third-order valence-corrected chi connectivity index (χ3v) is 2.48. The number of pyridine rings is 1. The molecule has 0 bridgehead atoms. The number of nitrogens with two attached hydrogens (primary N) is 1. The number of likely N-dealkylation sites (N-methyl/N-ethyl adjacent to an activating group) is 1. The molecular formula is C12H20N4OS. The Labute approximate surface area is 113 Å². The lowest BCUT2D eigenvalue weighted by molar-refractivity contribution is 0.126. The van der Waals surface area contributed by atoms with E-state index >= 15 is 0 Å². The van der Waals surface area contributed by atoms with Crippen molar-refractivity contribution in [3.8, 4) is 0 Å². The number of rotatable bonds is 8. The number of nitrogens with one attached hydrogen (secondary N) is 1. The van der Waals surface area contributed by atoms with Gasteiger partial charge in [0, 0.05) is 25.0 Å². The Hall–Kier alpha value is -1.24. The third kappa shape index (κ3) is 5.90. The van der Waals surface area contributed by atoms with Crippen molar-refractivity contribution in [2.24, 2.45) is 5.73 Å². The smallest absolute Gasteiger partial charge is 0.122 e. The largest absolute Gasteiger partial charge is 0.388 e. The van der Waals surface area contributed by atoms with Crippen LogP contribution in [-0.2, 0) is 4.74 Å². The molecule has 1 aromatic heterocycles. The molecule has 0 atom stereocenters. The Kier molecular flexibility index (Phi) is 6.56. The third-order valence-electron chi connectivity index (χ3n) is 2.27. The summed E-state index contributed by atoms with van der Waals surface area (Å²) in [5, 5.41) is 3.23. The van der Waals surface area contributed by atoms with Gasteiger partial charge < -0.3 is 20.7 Å². The van der Waals surface area contributed by atoms with Gasteiger partial charge in [0.2, 0.25) is 0 Å². The lowest BCUT2D eigenvalue weighted by Crippen LogP contribution is -2.20. The summed E-state index contributed by atoms with van der Waals surface area (Å²) >= 11 is 4.87. The average molecular weight is 268 g/mol. The van der Waals surface area contributed by atoms with Crippen molar-refractivity contribution >= 4 is 22.9 Å². The highest BCUT2D eigenvalue weighted by atomic mass is 32.1. The summed E-state index contributed by atoms with van der Waals surface area (Å²) < 4.78 is 5.47. The van der Waals surface area contributed by atoms with E-state index in [2.05, 4.69) is 15.2 Å². The monoisotopic (exact) mass is 268 g/mol. The van der Waals surface area contributed by atoms with Crippen LogP contribution in [0.4, 0.5) is 5.69 Å². The van der Waals surface area contributed by atoms with E-state index in [1.54, 1.807) is 6.20 Å². The van der Waals surface area contributed by atoms with Crippen molar-refractivity contribution in [3.05, 3.63) is 24.0 Å². The molecule has 0 aliphatic carbocycles. The summed E-state index contributed by atoms with van der Waals surface area (Å²) in [6.45, 7) is 3.08. The predicted molar refractivity (Wildman–Crippen MR) is 78.0 cm³/mol. The Bertz CT molecular complexity index is 384. The minimum Gasteiger partial charge on any atom is -0.388 e. The fraction of sp³-hybridized carbons (Fsp3) is 0.500. The van der Waals surface area contributed by atoms with Crippen LogP contribution in [0.2, 0.25) is 0 Å². The van der Waals surface area contributed by atoms with Gasteiger partial charge in [0.25, 0.3) is 0 Å². The quantitative estimate of drug-likeness (QED) is 0.535. The van der Waals surface area contributed by atoms with Crippen molar-refractivity contribution in [1.82, 2.24) is 9.88 Å². The summed E-state index contributed by atoms with van der Waals surface area (Å²) in [7, 11) is 4.05. The fourth-order valence-corrected chi connectivity index (χ4v) is 1.40. The fourth-order valence-electron chi connectivity index (χ4n) is 1.29. The maximum atomic E-state index is 5.52. The lowest BCUT2D eigenvalue weighted by atomic mass is 10.3. The molecule has 0 amide bonds.